The van der Waals surface area contributed by atoms with Crippen molar-refractivity contribution in [2.24, 2.45) is 0 Å². The van der Waals surface area contributed by atoms with Gasteiger partial charge in [-0.1, -0.05) is 12.1 Å². The van der Waals surface area contributed by atoms with E-state index in [1.165, 1.54) is 12.1 Å². The molecule has 1 fully saturated rings. The Morgan fingerprint density at radius 2 is 1.95 bits per heavy atom. The summed E-state index contributed by atoms with van der Waals surface area (Å²) in [4.78, 5) is 2.26. The van der Waals surface area contributed by atoms with E-state index in [0.717, 1.165) is 29.9 Å². The Kier molecular flexibility index (Phi) is 3.32. The molecule has 2 aromatic rings. The summed E-state index contributed by atoms with van der Waals surface area (Å²) in [7, 11) is 1.97. The van der Waals surface area contributed by atoms with Gasteiger partial charge in [0.05, 0.1) is 0 Å². The highest BCUT2D eigenvalue weighted by molar-refractivity contribution is 5.74. The molecule has 1 aliphatic heterocycles. The quantitative estimate of drug-likeness (QED) is 0.843. The molecule has 3 nitrogen and oxygen atoms in total. The minimum Gasteiger partial charge on any atom is -0.399 e. The van der Waals surface area contributed by atoms with E-state index in [0.29, 0.717) is 11.7 Å². The molecule has 20 heavy (non-hydrogen) atoms. The fraction of sp³-hybridized carbons (Fsp3) is 0.250. The first-order valence-electron chi connectivity index (χ1n) is 6.74. The summed E-state index contributed by atoms with van der Waals surface area (Å²) in [5, 5.41) is 3.25. The SMILES string of the molecule is CNC1CN(c2cc(N)cc(-c3cccc(F)c3)c2)C1. The zero-order valence-corrected chi connectivity index (χ0v) is 11.4. The van der Waals surface area contributed by atoms with Crippen molar-refractivity contribution in [2.45, 2.75) is 6.04 Å². The minimum absolute atomic E-state index is 0.231. The molecule has 1 heterocycles. The zero-order valence-electron chi connectivity index (χ0n) is 11.4. The first kappa shape index (κ1) is 12.9. The van der Waals surface area contributed by atoms with Gasteiger partial charge in [-0.25, -0.2) is 4.39 Å². The molecule has 2 aromatic carbocycles. The second-order valence-electron chi connectivity index (χ2n) is 5.21. The van der Waals surface area contributed by atoms with Crippen LogP contribution in [0.15, 0.2) is 42.5 Å². The van der Waals surface area contributed by atoms with Gasteiger partial charge in [0.2, 0.25) is 0 Å². The third-order valence-electron chi connectivity index (χ3n) is 3.75. The van der Waals surface area contributed by atoms with Gasteiger partial charge in [0.1, 0.15) is 5.82 Å². The van der Waals surface area contributed by atoms with Crippen LogP contribution in [-0.2, 0) is 0 Å². The van der Waals surface area contributed by atoms with E-state index in [1.54, 1.807) is 6.07 Å². The Hall–Kier alpha value is -2.07. The van der Waals surface area contributed by atoms with Crippen LogP contribution in [0.5, 0.6) is 0 Å². The molecule has 0 aliphatic carbocycles. The Morgan fingerprint density at radius 3 is 2.65 bits per heavy atom. The average Bonchev–Trinajstić information content (AvgIpc) is 2.37. The van der Waals surface area contributed by atoms with Crippen LogP contribution in [0.4, 0.5) is 15.8 Å². The van der Waals surface area contributed by atoms with Crippen molar-refractivity contribution in [3.8, 4) is 11.1 Å². The zero-order chi connectivity index (χ0) is 14.1. The van der Waals surface area contributed by atoms with Crippen LogP contribution in [0.25, 0.3) is 11.1 Å². The number of hydrogen-bond donors (Lipinski definition) is 2. The maximum absolute atomic E-state index is 13.3. The topological polar surface area (TPSA) is 41.3 Å². The number of nitrogens with two attached hydrogens (primary N) is 1. The van der Waals surface area contributed by atoms with Crippen LogP contribution in [0.2, 0.25) is 0 Å². The van der Waals surface area contributed by atoms with E-state index < -0.39 is 0 Å². The first-order valence-corrected chi connectivity index (χ1v) is 6.74. The average molecular weight is 271 g/mol. The number of likely N-dealkylation sites (N-methyl/N-ethyl adjacent to an activating group) is 1. The summed E-state index contributed by atoms with van der Waals surface area (Å²) in [6, 6.07) is 13.0. The van der Waals surface area contributed by atoms with Crippen LogP contribution in [0.1, 0.15) is 0 Å². The minimum atomic E-state index is -0.231. The monoisotopic (exact) mass is 271 g/mol. The molecule has 0 saturated carbocycles. The van der Waals surface area contributed by atoms with Gasteiger partial charge in [-0.05, 0) is 48.5 Å². The third kappa shape index (κ3) is 2.47. The van der Waals surface area contributed by atoms with Crippen LogP contribution in [0, 0.1) is 5.82 Å². The largest absolute Gasteiger partial charge is 0.399 e. The van der Waals surface area contributed by atoms with Crippen molar-refractivity contribution in [1.29, 1.82) is 0 Å². The van der Waals surface area contributed by atoms with Crippen molar-refractivity contribution in [1.82, 2.24) is 5.32 Å². The molecule has 0 radical (unpaired) electrons. The predicted molar refractivity (Wildman–Crippen MR) is 81.3 cm³/mol. The molecule has 3 N–H and O–H groups in total. The highest BCUT2D eigenvalue weighted by Crippen LogP contribution is 2.30. The Morgan fingerprint density at radius 1 is 1.15 bits per heavy atom. The molecule has 3 rings (SSSR count). The van der Waals surface area contributed by atoms with Crippen LogP contribution in [0.3, 0.4) is 0 Å². The fourth-order valence-corrected chi connectivity index (χ4v) is 2.52. The lowest BCUT2D eigenvalue weighted by atomic mass is 10.0. The van der Waals surface area contributed by atoms with Gasteiger partial charge in [0.25, 0.3) is 0 Å². The van der Waals surface area contributed by atoms with E-state index in [4.69, 9.17) is 5.73 Å². The maximum Gasteiger partial charge on any atom is 0.123 e. The van der Waals surface area contributed by atoms with Gasteiger partial charge >= 0.3 is 0 Å². The molecule has 104 valence electrons. The Balaban J connectivity index is 1.91. The first-order chi connectivity index (χ1) is 9.65. The predicted octanol–water partition coefficient (Wildman–Crippen LogP) is 2.48. The van der Waals surface area contributed by atoms with Gasteiger partial charge in [0.15, 0.2) is 0 Å². The summed E-state index contributed by atoms with van der Waals surface area (Å²) in [6.07, 6.45) is 0. The van der Waals surface area contributed by atoms with Crippen molar-refractivity contribution < 1.29 is 4.39 Å². The molecule has 0 unspecified atom stereocenters. The van der Waals surface area contributed by atoms with Gasteiger partial charge in [-0.15, -0.1) is 0 Å². The van der Waals surface area contributed by atoms with Gasteiger partial charge in [0, 0.05) is 30.5 Å². The van der Waals surface area contributed by atoms with E-state index in [2.05, 4.69) is 16.3 Å². The molecular formula is C16H18FN3. The van der Waals surface area contributed by atoms with E-state index in [-0.39, 0.29) is 5.82 Å². The number of halogens is 1. The van der Waals surface area contributed by atoms with Crippen molar-refractivity contribution in [3.63, 3.8) is 0 Å². The number of benzene rings is 2. The Labute approximate surface area is 118 Å². The van der Waals surface area contributed by atoms with Crippen LogP contribution in [-0.4, -0.2) is 26.2 Å². The van der Waals surface area contributed by atoms with Crippen molar-refractivity contribution >= 4 is 11.4 Å². The number of nitrogens with zero attached hydrogens (tertiary/aromatic N) is 1. The normalized spacial score (nSPS) is 15.2. The number of nitrogens with one attached hydrogen (secondary N) is 1. The van der Waals surface area contributed by atoms with E-state index >= 15 is 0 Å². The number of anilines is 2. The number of hydrogen-bond acceptors (Lipinski definition) is 3. The molecule has 0 bridgehead atoms. The summed E-state index contributed by atoms with van der Waals surface area (Å²) < 4.78 is 13.3. The van der Waals surface area contributed by atoms with Crippen LogP contribution >= 0.6 is 0 Å². The molecule has 1 saturated heterocycles. The second kappa shape index (κ2) is 5.13. The fourth-order valence-electron chi connectivity index (χ4n) is 2.52. The molecule has 4 heteroatoms. The standard InChI is InChI=1S/C16H18FN3/c1-19-15-9-20(10-15)16-7-12(6-14(18)8-16)11-3-2-4-13(17)5-11/h2-8,15,19H,9-10,18H2,1H3. The highest BCUT2D eigenvalue weighted by atomic mass is 19.1. The number of rotatable bonds is 3. The highest BCUT2D eigenvalue weighted by Gasteiger charge is 2.25. The van der Waals surface area contributed by atoms with Crippen molar-refractivity contribution in [2.75, 3.05) is 30.8 Å². The lowest BCUT2D eigenvalue weighted by Gasteiger charge is -2.41. The molecule has 0 atom stereocenters. The summed E-state index contributed by atoms with van der Waals surface area (Å²) >= 11 is 0. The lowest BCUT2D eigenvalue weighted by molar-refractivity contribution is 0.450. The van der Waals surface area contributed by atoms with E-state index in [9.17, 15) is 4.39 Å². The Bertz CT molecular complexity index is 621. The molecule has 0 spiro atoms. The van der Waals surface area contributed by atoms with Crippen molar-refractivity contribution in [3.05, 3.63) is 48.3 Å². The third-order valence-corrected chi connectivity index (χ3v) is 3.75. The lowest BCUT2D eigenvalue weighted by Crippen LogP contribution is -2.57. The van der Waals surface area contributed by atoms with Gasteiger partial charge < -0.3 is 16.0 Å². The van der Waals surface area contributed by atoms with Gasteiger partial charge in [-0.2, -0.15) is 0 Å². The summed E-state index contributed by atoms with van der Waals surface area (Å²) in [5.41, 5.74) is 9.58. The molecule has 0 amide bonds. The van der Waals surface area contributed by atoms with Crippen LogP contribution < -0.4 is 16.0 Å². The maximum atomic E-state index is 13.3. The van der Waals surface area contributed by atoms with E-state index in [1.807, 2.05) is 25.2 Å². The van der Waals surface area contributed by atoms with Gasteiger partial charge in [-0.3, -0.25) is 0 Å². The number of nitrogen functional groups attached to an aromatic ring is 1. The molecule has 0 aromatic heterocycles. The second-order valence-corrected chi connectivity index (χ2v) is 5.21. The summed E-state index contributed by atoms with van der Waals surface area (Å²) in [6.45, 7) is 1.95. The molecule has 1 aliphatic rings. The smallest absolute Gasteiger partial charge is 0.123 e. The molecular weight excluding hydrogens is 253 g/mol. The summed E-state index contributed by atoms with van der Waals surface area (Å²) in [5.74, 6) is -0.231.